The molecule has 6 nitrogen and oxygen atoms in total. The Balaban J connectivity index is 2.59. The summed E-state index contributed by atoms with van der Waals surface area (Å²) < 4.78 is 5.39. The highest BCUT2D eigenvalue weighted by Crippen LogP contribution is 2.23. The van der Waals surface area contributed by atoms with Crippen molar-refractivity contribution < 1.29 is 14.3 Å². The topological polar surface area (TPSA) is 79.8 Å². The van der Waals surface area contributed by atoms with Crippen molar-refractivity contribution in [3.8, 4) is 5.75 Å². The zero-order chi connectivity index (χ0) is 16.4. The molecule has 22 heavy (non-hydrogen) atoms. The largest absolute Gasteiger partial charge is 0.492 e. The minimum absolute atomic E-state index is 0.455. The summed E-state index contributed by atoms with van der Waals surface area (Å²) in [7, 11) is 0. The number of hydrogen-bond acceptors (Lipinski definition) is 4. The fraction of sp³-hybridized carbons (Fsp3) is 0.438. The van der Waals surface area contributed by atoms with Gasteiger partial charge in [-0.1, -0.05) is 25.5 Å². The molecule has 6 heteroatoms. The van der Waals surface area contributed by atoms with E-state index in [0.717, 1.165) is 25.0 Å². The first-order valence-electron chi connectivity index (χ1n) is 7.44. The van der Waals surface area contributed by atoms with E-state index in [2.05, 4.69) is 22.8 Å². The zero-order valence-corrected chi connectivity index (χ0v) is 13.3. The van der Waals surface area contributed by atoms with Crippen LogP contribution in [0.15, 0.2) is 29.4 Å². The number of para-hydroxylation sites is 2. The number of nitrogens with one attached hydrogen (secondary N) is 2. The Hall–Kier alpha value is -2.37. The van der Waals surface area contributed by atoms with Crippen LogP contribution < -0.4 is 15.5 Å². The van der Waals surface area contributed by atoms with E-state index < -0.39 is 11.8 Å². The third kappa shape index (κ3) is 5.95. The van der Waals surface area contributed by atoms with Gasteiger partial charge in [0.2, 0.25) is 0 Å². The summed E-state index contributed by atoms with van der Waals surface area (Å²) in [5.74, 6) is -1.06. The summed E-state index contributed by atoms with van der Waals surface area (Å²) in [5.41, 5.74) is 3.50. The third-order valence-corrected chi connectivity index (χ3v) is 2.88. The summed E-state index contributed by atoms with van der Waals surface area (Å²) in [6, 6.07) is 6.95. The zero-order valence-electron chi connectivity index (χ0n) is 13.3. The molecule has 0 aliphatic carbocycles. The normalized spacial score (nSPS) is 11.0. The third-order valence-electron chi connectivity index (χ3n) is 2.88. The van der Waals surface area contributed by atoms with Gasteiger partial charge >= 0.3 is 11.8 Å². The molecule has 0 unspecified atom stereocenters. The number of nitrogens with zero attached hydrogens (tertiary/aromatic N) is 1. The van der Waals surface area contributed by atoms with E-state index in [1.165, 1.54) is 0 Å². The molecule has 1 aromatic rings. The smallest absolute Gasteiger partial charge is 0.329 e. The van der Waals surface area contributed by atoms with Crippen LogP contribution >= 0.6 is 0 Å². The molecule has 0 aliphatic heterocycles. The summed E-state index contributed by atoms with van der Waals surface area (Å²) in [4.78, 5) is 23.6. The van der Waals surface area contributed by atoms with Crippen LogP contribution in [0.3, 0.4) is 0 Å². The number of unbranched alkanes of at least 4 members (excludes halogenated alkanes) is 1. The Labute approximate surface area is 130 Å². The molecule has 0 saturated heterocycles. The molecule has 0 spiro atoms. The minimum Gasteiger partial charge on any atom is -0.492 e. The van der Waals surface area contributed by atoms with Crippen LogP contribution in [0.4, 0.5) is 5.69 Å². The average molecular weight is 305 g/mol. The Kier molecular flexibility index (Phi) is 7.67. The van der Waals surface area contributed by atoms with Gasteiger partial charge in [0.1, 0.15) is 5.75 Å². The molecule has 1 rings (SSSR count). The van der Waals surface area contributed by atoms with Gasteiger partial charge in [0.15, 0.2) is 0 Å². The SMILES string of the molecule is CCCC/C(C)=N\NC(=O)C(=O)Nc1ccccc1OCC. The second-order valence-corrected chi connectivity index (χ2v) is 4.77. The molecular formula is C16H23N3O3. The van der Waals surface area contributed by atoms with Gasteiger partial charge in [-0.05, 0) is 38.8 Å². The van der Waals surface area contributed by atoms with Crippen molar-refractivity contribution in [1.29, 1.82) is 0 Å². The molecule has 2 amide bonds. The lowest BCUT2D eigenvalue weighted by Gasteiger charge is -2.10. The highest BCUT2D eigenvalue weighted by Gasteiger charge is 2.15. The Morgan fingerprint density at radius 2 is 1.91 bits per heavy atom. The lowest BCUT2D eigenvalue weighted by Crippen LogP contribution is -2.33. The number of benzene rings is 1. The number of ether oxygens (including phenoxy) is 1. The van der Waals surface area contributed by atoms with E-state index in [1.54, 1.807) is 24.3 Å². The van der Waals surface area contributed by atoms with Crippen LogP contribution in [0, 0.1) is 0 Å². The van der Waals surface area contributed by atoms with E-state index in [1.807, 2.05) is 13.8 Å². The molecule has 0 aromatic heterocycles. The maximum atomic E-state index is 11.8. The van der Waals surface area contributed by atoms with Gasteiger partial charge in [-0.25, -0.2) is 5.43 Å². The van der Waals surface area contributed by atoms with Gasteiger partial charge in [0.25, 0.3) is 0 Å². The highest BCUT2D eigenvalue weighted by molar-refractivity contribution is 6.39. The molecule has 0 atom stereocenters. The quantitative estimate of drug-likeness (QED) is 0.462. The summed E-state index contributed by atoms with van der Waals surface area (Å²) >= 11 is 0. The molecular weight excluding hydrogens is 282 g/mol. The summed E-state index contributed by atoms with van der Waals surface area (Å²) in [5, 5.41) is 6.42. The Bertz CT molecular complexity index is 541. The van der Waals surface area contributed by atoms with Gasteiger partial charge in [-0.2, -0.15) is 5.10 Å². The van der Waals surface area contributed by atoms with Crippen LogP contribution in [0.5, 0.6) is 5.75 Å². The van der Waals surface area contributed by atoms with Gasteiger partial charge in [-0.3, -0.25) is 9.59 Å². The molecule has 120 valence electrons. The van der Waals surface area contributed by atoms with E-state index in [0.29, 0.717) is 18.0 Å². The molecule has 0 fully saturated rings. The predicted molar refractivity (Wildman–Crippen MR) is 87.0 cm³/mol. The van der Waals surface area contributed by atoms with Crippen LogP contribution in [0.1, 0.15) is 40.0 Å². The molecule has 1 aromatic carbocycles. The fourth-order valence-electron chi connectivity index (χ4n) is 1.72. The first kappa shape index (κ1) is 17.7. The van der Waals surface area contributed by atoms with Crippen molar-refractivity contribution in [2.75, 3.05) is 11.9 Å². The monoisotopic (exact) mass is 305 g/mol. The minimum atomic E-state index is -0.804. The Morgan fingerprint density at radius 1 is 1.18 bits per heavy atom. The van der Waals surface area contributed by atoms with E-state index in [9.17, 15) is 9.59 Å². The van der Waals surface area contributed by atoms with Gasteiger partial charge in [0, 0.05) is 5.71 Å². The molecule has 0 heterocycles. The number of carbonyl (C=O) groups excluding carboxylic acids is 2. The summed E-state index contributed by atoms with van der Waals surface area (Å²) in [6.45, 7) is 6.21. The molecule has 0 bridgehead atoms. The Morgan fingerprint density at radius 3 is 2.59 bits per heavy atom. The summed E-state index contributed by atoms with van der Waals surface area (Å²) in [6.07, 6.45) is 2.85. The highest BCUT2D eigenvalue weighted by atomic mass is 16.5. The van der Waals surface area contributed by atoms with Gasteiger partial charge in [-0.15, -0.1) is 0 Å². The van der Waals surface area contributed by atoms with Crippen molar-refractivity contribution in [2.24, 2.45) is 5.10 Å². The van der Waals surface area contributed by atoms with Crippen molar-refractivity contribution in [3.63, 3.8) is 0 Å². The predicted octanol–water partition coefficient (Wildman–Crippen LogP) is 2.71. The second kappa shape index (κ2) is 9.55. The molecule has 0 radical (unpaired) electrons. The number of carbonyl (C=O) groups is 2. The van der Waals surface area contributed by atoms with Crippen molar-refractivity contribution in [1.82, 2.24) is 5.43 Å². The maximum absolute atomic E-state index is 11.8. The number of rotatable bonds is 7. The van der Waals surface area contributed by atoms with Gasteiger partial charge < -0.3 is 10.1 Å². The van der Waals surface area contributed by atoms with Crippen molar-refractivity contribution >= 4 is 23.2 Å². The molecule has 2 N–H and O–H groups in total. The van der Waals surface area contributed by atoms with Crippen molar-refractivity contribution in [2.45, 2.75) is 40.0 Å². The number of amides is 2. The molecule has 0 saturated carbocycles. The van der Waals surface area contributed by atoms with E-state index in [-0.39, 0.29) is 0 Å². The van der Waals surface area contributed by atoms with E-state index >= 15 is 0 Å². The van der Waals surface area contributed by atoms with Crippen LogP contribution in [0.25, 0.3) is 0 Å². The number of anilines is 1. The number of hydrazone groups is 1. The van der Waals surface area contributed by atoms with Crippen LogP contribution in [0.2, 0.25) is 0 Å². The average Bonchev–Trinajstić information content (AvgIpc) is 2.52. The first-order valence-corrected chi connectivity index (χ1v) is 7.44. The fourth-order valence-corrected chi connectivity index (χ4v) is 1.72. The van der Waals surface area contributed by atoms with Crippen LogP contribution in [-0.2, 0) is 9.59 Å². The first-order chi connectivity index (χ1) is 10.6. The standard InChI is InChI=1S/C16H23N3O3/c1-4-6-9-12(3)18-19-16(21)15(20)17-13-10-7-8-11-14(13)22-5-2/h7-8,10-11H,4-6,9H2,1-3H3,(H,17,20)(H,19,21)/b18-12-. The second-order valence-electron chi connectivity index (χ2n) is 4.77. The van der Waals surface area contributed by atoms with Crippen molar-refractivity contribution in [3.05, 3.63) is 24.3 Å². The van der Waals surface area contributed by atoms with E-state index in [4.69, 9.17) is 4.74 Å². The van der Waals surface area contributed by atoms with Crippen LogP contribution in [-0.4, -0.2) is 24.1 Å². The lowest BCUT2D eigenvalue weighted by atomic mass is 10.2. The lowest BCUT2D eigenvalue weighted by molar-refractivity contribution is -0.136. The molecule has 0 aliphatic rings. The maximum Gasteiger partial charge on any atom is 0.329 e. The number of hydrogen-bond donors (Lipinski definition) is 2. The van der Waals surface area contributed by atoms with Gasteiger partial charge in [0.05, 0.1) is 12.3 Å².